The van der Waals surface area contributed by atoms with Crippen LogP contribution in [0.5, 0.6) is 0 Å². The molecule has 0 bridgehead atoms. The minimum absolute atomic E-state index is 0.148. The van der Waals surface area contributed by atoms with Crippen LogP contribution < -0.4 is 5.73 Å². The summed E-state index contributed by atoms with van der Waals surface area (Å²) in [4.78, 5) is 24.2. The van der Waals surface area contributed by atoms with Crippen molar-refractivity contribution in [1.82, 2.24) is 4.90 Å². The molecule has 2 amide bonds. The van der Waals surface area contributed by atoms with Gasteiger partial charge in [0, 0.05) is 31.5 Å². The molecule has 1 aliphatic heterocycles. The van der Waals surface area contributed by atoms with E-state index in [0.29, 0.717) is 18.5 Å². The number of primary amides is 1. The van der Waals surface area contributed by atoms with Gasteiger partial charge in [-0.2, -0.15) is 0 Å². The van der Waals surface area contributed by atoms with Crippen molar-refractivity contribution in [2.24, 2.45) is 5.73 Å². The summed E-state index contributed by atoms with van der Waals surface area (Å²) in [6.45, 7) is 0.709. The van der Waals surface area contributed by atoms with Crippen LogP contribution in [0.2, 0.25) is 0 Å². The molecular formula is C12H14N2O2. The van der Waals surface area contributed by atoms with Crippen LogP contribution in [0.15, 0.2) is 24.3 Å². The number of nitrogens with two attached hydrogens (primary N) is 1. The van der Waals surface area contributed by atoms with Gasteiger partial charge in [0.2, 0.25) is 11.8 Å². The summed E-state index contributed by atoms with van der Waals surface area (Å²) in [5, 5.41) is 0. The van der Waals surface area contributed by atoms with Crippen molar-refractivity contribution in [2.75, 3.05) is 13.6 Å². The standard InChI is InChI=1S/C12H14N2O2/c1-14-7-10(6-11(14)15)8-3-2-4-9(5-8)12(13)16/h2-5,10H,6-7H2,1H3,(H2,13,16). The second-order valence-electron chi connectivity index (χ2n) is 4.17. The molecule has 1 heterocycles. The fraction of sp³-hybridized carbons (Fsp3) is 0.333. The first-order chi connectivity index (χ1) is 7.58. The van der Waals surface area contributed by atoms with Crippen LogP contribution in [0.4, 0.5) is 0 Å². The van der Waals surface area contributed by atoms with Gasteiger partial charge in [0.25, 0.3) is 0 Å². The molecule has 2 N–H and O–H groups in total. The van der Waals surface area contributed by atoms with Gasteiger partial charge in [-0.3, -0.25) is 9.59 Å². The Labute approximate surface area is 94.0 Å². The number of amides is 2. The summed E-state index contributed by atoms with van der Waals surface area (Å²) in [7, 11) is 1.79. The predicted molar refractivity (Wildman–Crippen MR) is 60.0 cm³/mol. The molecule has 0 aliphatic carbocycles. The van der Waals surface area contributed by atoms with Crippen LogP contribution in [0.25, 0.3) is 0 Å². The smallest absolute Gasteiger partial charge is 0.248 e. The Kier molecular flexibility index (Phi) is 2.64. The maximum Gasteiger partial charge on any atom is 0.248 e. The van der Waals surface area contributed by atoms with Crippen molar-refractivity contribution in [2.45, 2.75) is 12.3 Å². The number of nitrogens with zero attached hydrogens (tertiary/aromatic N) is 1. The van der Waals surface area contributed by atoms with Gasteiger partial charge >= 0.3 is 0 Å². The van der Waals surface area contributed by atoms with Crippen molar-refractivity contribution in [3.63, 3.8) is 0 Å². The number of hydrogen-bond acceptors (Lipinski definition) is 2. The molecule has 2 rings (SSSR count). The maximum absolute atomic E-state index is 11.4. The molecular weight excluding hydrogens is 204 g/mol. The molecule has 0 spiro atoms. The van der Waals surface area contributed by atoms with E-state index < -0.39 is 5.91 Å². The number of likely N-dealkylation sites (N-methyl/N-ethyl adjacent to an activating group) is 1. The zero-order valence-corrected chi connectivity index (χ0v) is 9.14. The van der Waals surface area contributed by atoms with Crippen LogP contribution in [-0.2, 0) is 4.79 Å². The fourth-order valence-electron chi connectivity index (χ4n) is 2.03. The molecule has 16 heavy (non-hydrogen) atoms. The number of carbonyl (C=O) groups excluding carboxylic acids is 2. The van der Waals surface area contributed by atoms with E-state index in [4.69, 9.17) is 5.73 Å². The molecule has 0 radical (unpaired) electrons. The normalized spacial score (nSPS) is 20.2. The topological polar surface area (TPSA) is 63.4 Å². The van der Waals surface area contributed by atoms with Gasteiger partial charge in [0.05, 0.1) is 0 Å². The highest BCUT2D eigenvalue weighted by Crippen LogP contribution is 2.27. The number of carbonyl (C=O) groups is 2. The van der Waals surface area contributed by atoms with E-state index in [1.165, 1.54) is 0 Å². The van der Waals surface area contributed by atoms with E-state index in [2.05, 4.69) is 0 Å². The van der Waals surface area contributed by atoms with Crippen molar-refractivity contribution in [3.05, 3.63) is 35.4 Å². The molecule has 1 atom stereocenters. The average Bonchev–Trinajstić information content (AvgIpc) is 2.59. The lowest BCUT2D eigenvalue weighted by Crippen LogP contribution is -2.18. The van der Waals surface area contributed by atoms with E-state index >= 15 is 0 Å². The molecule has 4 nitrogen and oxygen atoms in total. The predicted octanol–water partition coefficient (Wildman–Crippen LogP) is 0.731. The Morgan fingerprint density at radius 2 is 2.25 bits per heavy atom. The molecule has 84 valence electrons. The molecule has 1 aromatic rings. The van der Waals surface area contributed by atoms with Crippen molar-refractivity contribution < 1.29 is 9.59 Å². The van der Waals surface area contributed by atoms with E-state index in [9.17, 15) is 9.59 Å². The van der Waals surface area contributed by atoms with Crippen LogP contribution in [0.3, 0.4) is 0 Å². The summed E-state index contributed by atoms with van der Waals surface area (Å²) in [5.74, 6) is -0.106. The third-order valence-electron chi connectivity index (χ3n) is 2.98. The maximum atomic E-state index is 11.4. The highest BCUT2D eigenvalue weighted by Gasteiger charge is 2.27. The molecule has 1 unspecified atom stereocenters. The van der Waals surface area contributed by atoms with E-state index in [-0.39, 0.29) is 11.8 Å². The second kappa shape index (κ2) is 3.96. The van der Waals surface area contributed by atoms with Crippen molar-refractivity contribution in [3.8, 4) is 0 Å². The SMILES string of the molecule is CN1CC(c2cccc(C(N)=O)c2)CC1=O. The van der Waals surface area contributed by atoms with E-state index in [1.54, 1.807) is 30.1 Å². The first-order valence-corrected chi connectivity index (χ1v) is 5.21. The Morgan fingerprint density at radius 1 is 1.50 bits per heavy atom. The zero-order valence-electron chi connectivity index (χ0n) is 9.14. The quantitative estimate of drug-likeness (QED) is 0.795. The zero-order chi connectivity index (χ0) is 11.7. The number of rotatable bonds is 2. The van der Waals surface area contributed by atoms with Crippen LogP contribution in [0.1, 0.15) is 28.3 Å². The number of benzene rings is 1. The Bertz CT molecular complexity index is 442. The first kappa shape index (κ1) is 10.7. The third kappa shape index (κ3) is 1.91. The van der Waals surface area contributed by atoms with Gasteiger partial charge in [-0.15, -0.1) is 0 Å². The first-order valence-electron chi connectivity index (χ1n) is 5.21. The second-order valence-corrected chi connectivity index (χ2v) is 4.17. The largest absolute Gasteiger partial charge is 0.366 e. The minimum Gasteiger partial charge on any atom is -0.366 e. The Morgan fingerprint density at radius 3 is 2.81 bits per heavy atom. The number of likely N-dealkylation sites (tertiary alicyclic amines) is 1. The molecule has 1 aromatic carbocycles. The van der Waals surface area contributed by atoms with Gasteiger partial charge in [-0.25, -0.2) is 0 Å². The van der Waals surface area contributed by atoms with Crippen molar-refractivity contribution in [1.29, 1.82) is 0 Å². The molecule has 1 saturated heterocycles. The van der Waals surface area contributed by atoms with Gasteiger partial charge in [-0.1, -0.05) is 12.1 Å². The molecule has 1 aliphatic rings. The third-order valence-corrected chi connectivity index (χ3v) is 2.98. The summed E-state index contributed by atoms with van der Waals surface area (Å²) < 4.78 is 0. The lowest BCUT2D eigenvalue weighted by Gasteiger charge is -2.11. The summed E-state index contributed by atoms with van der Waals surface area (Å²) in [6.07, 6.45) is 0.513. The minimum atomic E-state index is -0.431. The average molecular weight is 218 g/mol. The summed E-state index contributed by atoms with van der Waals surface area (Å²) >= 11 is 0. The molecule has 0 aromatic heterocycles. The lowest BCUT2D eigenvalue weighted by molar-refractivity contribution is -0.126. The summed E-state index contributed by atoms with van der Waals surface area (Å²) in [6, 6.07) is 7.20. The highest BCUT2D eigenvalue weighted by molar-refractivity contribution is 5.93. The van der Waals surface area contributed by atoms with Crippen LogP contribution in [0, 0.1) is 0 Å². The van der Waals surface area contributed by atoms with Gasteiger partial charge < -0.3 is 10.6 Å². The van der Waals surface area contributed by atoms with Gasteiger partial charge in [0.15, 0.2) is 0 Å². The van der Waals surface area contributed by atoms with Crippen molar-refractivity contribution >= 4 is 11.8 Å². The Hall–Kier alpha value is -1.84. The van der Waals surface area contributed by atoms with Crippen LogP contribution >= 0.6 is 0 Å². The van der Waals surface area contributed by atoms with E-state index in [1.807, 2.05) is 6.07 Å². The van der Waals surface area contributed by atoms with Crippen LogP contribution in [-0.4, -0.2) is 30.3 Å². The molecule has 0 saturated carbocycles. The highest BCUT2D eigenvalue weighted by atomic mass is 16.2. The Balaban J connectivity index is 2.25. The lowest BCUT2D eigenvalue weighted by atomic mass is 9.96. The number of hydrogen-bond donors (Lipinski definition) is 1. The molecule has 1 fully saturated rings. The molecule has 4 heteroatoms. The fourth-order valence-corrected chi connectivity index (χ4v) is 2.03. The summed E-state index contributed by atoms with van der Waals surface area (Å²) in [5.41, 5.74) is 6.73. The van der Waals surface area contributed by atoms with E-state index in [0.717, 1.165) is 5.56 Å². The van der Waals surface area contributed by atoms with Gasteiger partial charge in [-0.05, 0) is 17.7 Å². The van der Waals surface area contributed by atoms with Gasteiger partial charge in [0.1, 0.15) is 0 Å². The monoisotopic (exact) mass is 218 g/mol.